The van der Waals surface area contributed by atoms with Crippen LogP contribution in [0.1, 0.15) is 52.5 Å². The van der Waals surface area contributed by atoms with Crippen molar-refractivity contribution < 1.29 is 4.79 Å². The molecule has 2 aliphatic rings. The second-order valence-electron chi connectivity index (χ2n) is 10.4. The molecule has 0 bridgehead atoms. The average molecular weight is 426 g/mol. The minimum atomic E-state index is -0.0910. The molecule has 6 N–H and O–H groups in total. The smallest absolute Gasteiger partial charge is 0.221 e. The van der Waals surface area contributed by atoms with Gasteiger partial charge in [0.1, 0.15) is 0 Å². The summed E-state index contributed by atoms with van der Waals surface area (Å²) in [5.41, 5.74) is 15.1. The number of nitrogens with zero attached hydrogens (tertiary/aromatic N) is 1. The number of carbonyl (C=O) groups excluding carboxylic acids is 1. The molecule has 2 unspecified atom stereocenters. The van der Waals surface area contributed by atoms with Crippen LogP contribution in [0, 0.1) is 17.3 Å². The van der Waals surface area contributed by atoms with E-state index < -0.39 is 0 Å². The summed E-state index contributed by atoms with van der Waals surface area (Å²) in [7, 11) is 0. The van der Waals surface area contributed by atoms with Crippen molar-refractivity contribution >= 4 is 17.3 Å². The van der Waals surface area contributed by atoms with Crippen molar-refractivity contribution in [3.8, 4) is 0 Å². The van der Waals surface area contributed by atoms with E-state index in [4.69, 9.17) is 11.5 Å². The summed E-state index contributed by atoms with van der Waals surface area (Å²) >= 11 is 0. The number of allylic oxidation sites excluding steroid dienone is 2. The quantitative estimate of drug-likeness (QED) is 0.502. The molecule has 1 aromatic carbocycles. The maximum absolute atomic E-state index is 11.1. The molecular formula is C25H39N5O. The van der Waals surface area contributed by atoms with Crippen LogP contribution in [0.2, 0.25) is 0 Å². The molecule has 1 amide bonds. The van der Waals surface area contributed by atoms with Gasteiger partial charge < -0.3 is 27.0 Å². The van der Waals surface area contributed by atoms with Crippen molar-refractivity contribution in [2.45, 2.75) is 53.0 Å². The van der Waals surface area contributed by atoms with Gasteiger partial charge in [-0.3, -0.25) is 4.79 Å². The fraction of sp³-hybridized carbons (Fsp3) is 0.560. The minimum absolute atomic E-state index is 0.0910. The third kappa shape index (κ3) is 7.03. The Morgan fingerprint density at radius 1 is 1.10 bits per heavy atom. The number of rotatable bonds is 7. The van der Waals surface area contributed by atoms with Crippen LogP contribution < -0.4 is 22.1 Å². The Kier molecular flexibility index (Phi) is 7.31. The van der Waals surface area contributed by atoms with Crippen molar-refractivity contribution in [1.29, 1.82) is 0 Å². The van der Waals surface area contributed by atoms with Gasteiger partial charge >= 0.3 is 0 Å². The molecule has 170 valence electrons. The first kappa shape index (κ1) is 23.2. The first-order valence-electron chi connectivity index (χ1n) is 11.4. The zero-order valence-corrected chi connectivity index (χ0v) is 19.4. The Balaban J connectivity index is 1.47. The molecule has 1 aromatic rings. The highest BCUT2D eigenvalue weighted by molar-refractivity contribution is 5.88. The standard InChI is InChI=1S/C25H39N5O/c1-17(31)28-21-7-5-18(6-8-21)23(26)9-10-24(27)29-22-13-19-15-30(16-20(19)14-22)12-11-25(2,3)4/h5-10,19-20,22,29H,11-16,26-27H2,1-4H3,(H,28,31)/b23-9-,24-10+. The first-order chi connectivity index (χ1) is 14.6. The van der Waals surface area contributed by atoms with Crippen molar-refractivity contribution in [3.05, 3.63) is 47.8 Å². The molecule has 0 spiro atoms. The molecule has 0 aromatic heterocycles. The molecule has 2 atom stereocenters. The Labute approximate surface area is 187 Å². The lowest BCUT2D eigenvalue weighted by Crippen LogP contribution is -2.33. The summed E-state index contributed by atoms with van der Waals surface area (Å²) in [6.07, 6.45) is 7.32. The Morgan fingerprint density at radius 3 is 2.26 bits per heavy atom. The van der Waals surface area contributed by atoms with E-state index in [2.05, 4.69) is 36.3 Å². The lowest BCUT2D eigenvalue weighted by Gasteiger charge is -2.24. The van der Waals surface area contributed by atoms with Crippen LogP contribution in [0.5, 0.6) is 0 Å². The van der Waals surface area contributed by atoms with Gasteiger partial charge in [0, 0.05) is 37.4 Å². The molecule has 6 nitrogen and oxygen atoms in total. The number of carbonyl (C=O) groups is 1. The van der Waals surface area contributed by atoms with Crippen LogP contribution in [-0.2, 0) is 4.79 Å². The summed E-state index contributed by atoms with van der Waals surface area (Å²) in [6, 6.07) is 7.90. The summed E-state index contributed by atoms with van der Waals surface area (Å²) in [6.45, 7) is 12.1. The first-order valence-corrected chi connectivity index (χ1v) is 11.4. The zero-order valence-electron chi connectivity index (χ0n) is 19.4. The summed E-state index contributed by atoms with van der Waals surface area (Å²) in [5.74, 6) is 2.14. The van der Waals surface area contributed by atoms with Gasteiger partial charge in [-0.1, -0.05) is 32.9 Å². The lowest BCUT2D eigenvalue weighted by molar-refractivity contribution is -0.114. The summed E-state index contributed by atoms with van der Waals surface area (Å²) in [4.78, 5) is 13.8. The molecule has 0 radical (unpaired) electrons. The molecule has 3 rings (SSSR count). The van der Waals surface area contributed by atoms with Gasteiger partial charge in [0.05, 0.1) is 5.82 Å². The number of amides is 1. The predicted molar refractivity (Wildman–Crippen MR) is 129 cm³/mol. The molecule has 1 aliphatic heterocycles. The number of anilines is 1. The van der Waals surface area contributed by atoms with Crippen molar-refractivity contribution in [2.24, 2.45) is 28.7 Å². The second-order valence-corrected chi connectivity index (χ2v) is 10.4. The van der Waals surface area contributed by atoms with Crippen molar-refractivity contribution in [2.75, 3.05) is 25.0 Å². The molecule has 1 saturated carbocycles. The number of fused-ring (bicyclic) bond motifs is 1. The van der Waals surface area contributed by atoms with Gasteiger partial charge in [0.2, 0.25) is 5.91 Å². The highest BCUT2D eigenvalue weighted by atomic mass is 16.1. The lowest BCUT2D eigenvalue weighted by atomic mass is 9.92. The fourth-order valence-electron chi connectivity index (χ4n) is 4.70. The van der Waals surface area contributed by atoms with Crippen LogP contribution in [0.4, 0.5) is 5.69 Å². The topological polar surface area (TPSA) is 96.4 Å². The Hall–Kier alpha value is -2.47. The molecule has 31 heavy (non-hydrogen) atoms. The normalized spacial score (nSPS) is 24.8. The third-order valence-corrected chi connectivity index (χ3v) is 6.36. The minimum Gasteiger partial charge on any atom is -0.398 e. The van der Waals surface area contributed by atoms with Crippen LogP contribution in [-0.4, -0.2) is 36.5 Å². The van der Waals surface area contributed by atoms with E-state index >= 15 is 0 Å². The number of hydrogen-bond donors (Lipinski definition) is 4. The van der Waals surface area contributed by atoms with E-state index in [0.717, 1.165) is 23.1 Å². The van der Waals surface area contributed by atoms with E-state index in [1.807, 2.05) is 36.4 Å². The van der Waals surface area contributed by atoms with E-state index in [1.165, 1.54) is 45.8 Å². The van der Waals surface area contributed by atoms with E-state index in [9.17, 15) is 4.79 Å². The second kappa shape index (κ2) is 9.77. The van der Waals surface area contributed by atoms with Gasteiger partial charge in [0.25, 0.3) is 0 Å². The largest absolute Gasteiger partial charge is 0.398 e. The number of hydrogen-bond acceptors (Lipinski definition) is 5. The third-order valence-electron chi connectivity index (χ3n) is 6.36. The highest BCUT2D eigenvalue weighted by Gasteiger charge is 2.40. The number of benzene rings is 1. The molecule has 1 saturated heterocycles. The van der Waals surface area contributed by atoms with E-state index in [1.54, 1.807) is 0 Å². The van der Waals surface area contributed by atoms with Gasteiger partial charge in [-0.2, -0.15) is 0 Å². The Bertz CT molecular complexity index is 807. The van der Waals surface area contributed by atoms with Gasteiger partial charge in [-0.05, 0) is 72.9 Å². The van der Waals surface area contributed by atoms with Crippen LogP contribution in [0.15, 0.2) is 42.2 Å². The van der Waals surface area contributed by atoms with Crippen LogP contribution in [0.25, 0.3) is 5.70 Å². The Morgan fingerprint density at radius 2 is 1.71 bits per heavy atom. The van der Waals surface area contributed by atoms with Crippen molar-refractivity contribution in [1.82, 2.24) is 10.2 Å². The van der Waals surface area contributed by atoms with Gasteiger partial charge in [-0.25, -0.2) is 0 Å². The molecule has 1 heterocycles. The van der Waals surface area contributed by atoms with Crippen LogP contribution in [0.3, 0.4) is 0 Å². The van der Waals surface area contributed by atoms with Crippen LogP contribution >= 0.6 is 0 Å². The van der Waals surface area contributed by atoms with E-state index in [-0.39, 0.29) is 5.91 Å². The molecule has 6 heteroatoms. The van der Waals surface area contributed by atoms with Gasteiger partial charge in [-0.15, -0.1) is 0 Å². The molecule has 2 fully saturated rings. The summed E-state index contributed by atoms with van der Waals surface area (Å²) < 4.78 is 0. The number of likely N-dealkylation sites (tertiary alicyclic amines) is 1. The predicted octanol–water partition coefficient (Wildman–Crippen LogP) is 3.48. The van der Waals surface area contributed by atoms with Crippen molar-refractivity contribution in [3.63, 3.8) is 0 Å². The van der Waals surface area contributed by atoms with Gasteiger partial charge in [0.15, 0.2) is 0 Å². The maximum Gasteiger partial charge on any atom is 0.221 e. The van der Waals surface area contributed by atoms with E-state index in [0.29, 0.717) is 23.0 Å². The number of nitrogens with one attached hydrogen (secondary N) is 2. The monoisotopic (exact) mass is 425 g/mol. The number of nitrogens with two attached hydrogens (primary N) is 2. The highest BCUT2D eigenvalue weighted by Crippen LogP contribution is 2.38. The maximum atomic E-state index is 11.1. The average Bonchev–Trinajstić information content (AvgIpc) is 3.22. The molecular weight excluding hydrogens is 386 g/mol. The zero-order chi connectivity index (χ0) is 22.6. The summed E-state index contributed by atoms with van der Waals surface area (Å²) in [5, 5.41) is 6.24. The molecule has 1 aliphatic carbocycles. The SMILES string of the molecule is CC(=O)Nc1ccc(/C(N)=C/C=C(\N)NC2CC3CN(CCC(C)(C)C)CC3C2)cc1. The fourth-order valence-corrected chi connectivity index (χ4v) is 4.70.